The fourth-order valence-electron chi connectivity index (χ4n) is 3.40. The monoisotopic (exact) mass is 279 g/mol. The molecule has 2 aliphatic heterocycles. The predicted octanol–water partition coefficient (Wildman–Crippen LogP) is 1.39. The maximum atomic E-state index is 14.2. The molecule has 2 saturated heterocycles. The number of anilines is 1. The summed E-state index contributed by atoms with van der Waals surface area (Å²) in [4.78, 5) is 18.2. The Morgan fingerprint density at radius 2 is 2.10 bits per heavy atom. The molecule has 1 amide bonds. The highest BCUT2D eigenvalue weighted by atomic mass is 19.1. The van der Waals surface area contributed by atoms with E-state index in [0.717, 1.165) is 12.8 Å². The third-order valence-electron chi connectivity index (χ3n) is 4.30. The van der Waals surface area contributed by atoms with Gasteiger partial charge in [0.05, 0.1) is 11.7 Å². The van der Waals surface area contributed by atoms with E-state index in [1.807, 2.05) is 0 Å². The Morgan fingerprint density at radius 3 is 2.70 bits per heavy atom. The van der Waals surface area contributed by atoms with Gasteiger partial charge in [0.2, 0.25) is 0 Å². The lowest BCUT2D eigenvalue weighted by Gasteiger charge is -2.37. The maximum Gasteiger partial charge on any atom is 0.257 e. The Labute approximate surface area is 116 Å². The molecule has 1 aromatic heterocycles. The van der Waals surface area contributed by atoms with E-state index in [4.69, 9.17) is 0 Å². The van der Waals surface area contributed by atoms with Gasteiger partial charge in [-0.2, -0.15) is 0 Å². The van der Waals surface area contributed by atoms with Crippen molar-refractivity contribution in [2.24, 2.45) is 0 Å². The summed E-state index contributed by atoms with van der Waals surface area (Å²) in [5.74, 6) is -0.813. The summed E-state index contributed by atoms with van der Waals surface area (Å²) in [5.41, 5.74) is 0.0534. The molecule has 108 valence electrons. The third-order valence-corrected chi connectivity index (χ3v) is 4.30. The molecule has 6 heteroatoms. The second-order valence-electron chi connectivity index (χ2n) is 5.49. The van der Waals surface area contributed by atoms with Crippen LogP contribution in [0.15, 0.2) is 12.3 Å². The van der Waals surface area contributed by atoms with Crippen molar-refractivity contribution in [3.63, 3.8) is 0 Å². The van der Waals surface area contributed by atoms with E-state index < -0.39 is 5.82 Å². The fourth-order valence-corrected chi connectivity index (χ4v) is 3.40. The lowest BCUT2D eigenvalue weighted by Crippen LogP contribution is -2.48. The van der Waals surface area contributed by atoms with Crippen molar-refractivity contribution in [1.29, 1.82) is 0 Å². The number of hydrogen-bond donors (Lipinski definition) is 2. The number of piperidine rings is 1. The minimum absolute atomic E-state index is 0.0295. The molecule has 0 saturated carbocycles. The number of amides is 1. The summed E-state index contributed by atoms with van der Waals surface area (Å²) in [6.07, 6.45) is 4.05. The number of pyridine rings is 1. The van der Waals surface area contributed by atoms with Gasteiger partial charge in [0.25, 0.3) is 5.91 Å². The van der Waals surface area contributed by atoms with Gasteiger partial charge in [-0.3, -0.25) is 4.79 Å². The highest BCUT2D eigenvalue weighted by Crippen LogP contribution is 2.37. The normalized spacial score (nSPS) is 28.6. The summed E-state index contributed by atoms with van der Waals surface area (Å²) in [6.45, 7) is 0. The second kappa shape index (κ2) is 5.01. The molecule has 2 N–H and O–H groups in total. The number of hydrogen-bond acceptors (Lipinski definition) is 4. The molecule has 2 atom stereocenters. The minimum atomic E-state index is -0.606. The molecule has 0 aromatic carbocycles. The van der Waals surface area contributed by atoms with E-state index in [9.17, 15) is 14.3 Å². The van der Waals surface area contributed by atoms with Crippen molar-refractivity contribution in [2.45, 2.75) is 43.9 Å². The van der Waals surface area contributed by atoms with Crippen LogP contribution in [0.25, 0.3) is 0 Å². The van der Waals surface area contributed by atoms with Crippen LogP contribution in [-0.2, 0) is 0 Å². The Morgan fingerprint density at radius 1 is 1.45 bits per heavy atom. The molecular weight excluding hydrogens is 261 g/mol. The van der Waals surface area contributed by atoms with Crippen LogP contribution in [0.1, 0.15) is 36.0 Å². The molecule has 2 aliphatic rings. The molecule has 3 heterocycles. The number of aromatic nitrogens is 1. The first-order valence-corrected chi connectivity index (χ1v) is 6.94. The van der Waals surface area contributed by atoms with Crippen LogP contribution >= 0.6 is 0 Å². The SMILES string of the molecule is CNc1nccc(C(=O)N2C3CCC2CC(O)C3)c1F. The molecular formula is C14H18FN3O2. The minimum Gasteiger partial charge on any atom is -0.393 e. The van der Waals surface area contributed by atoms with E-state index in [1.165, 1.54) is 12.3 Å². The summed E-state index contributed by atoms with van der Waals surface area (Å²) >= 11 is 0. The largest absolute Gasteiger partial charge is 0.393 e. The third kappa shape index (κ3) is 2.04. The van der Waals surface area contributed by atoms with E-state index in [-0.39, 0.29) is 35.5 Å². The van der Waals surface area contributed by atoms with Crippen molar-refractivity contribution < 1.29 is 14.3 Å². The second-order valence-corrected chi connectivity index (χ2v) is 5.49. The number of nitrogens with one attached hydrogen (secondary N) is 1. The van der Waals surface area contributed by atoms with E-state index >= 15 is 0 Å². The average Bonchev–Trinajstić information content (AvgIpc) is 2.70. The number of fused-ring (bicyclic) bond motifs is 2. The van der Waals surface area contributed by atoms with Crippen molar-refractivity contribution in [2.75, 3.05) is 12.4 Å². The Kier molecular flexibility index (Phi) is 3.33. The van der Waals surface area contributed by atoms with Crippen LogP contribution in [0, 0.1) is 5.82 Å². The summed E-state index contributed by atoms with van der Waals surface area (Å²) in [6, 6.07) is 1.48. The van der Waals surface area contributed by atoms with Crippen molar-refractivity contribution >= 4 is 11.7 Å². The molecule has 0 radical (unpaired) electrons. The molecule has 2 bridgehead atoms. The number of aliphatic hydroxyl groups excluding tert-OH is 1. The first-order valence-electron chi connectivity index (χ1n) is 6.94. The van der Waals surface area contributed by atoms with E-state index in [0.29, 0.717) is 12.8 Å². The zero-order chi connectivity index (χ0) is 14.3. The van der Waals surface area contributed by atoms with Crippen molar-refractivity contribution in [1.82, 2.24) is 9.88 Å². The smallest absolute Gasteiger partial charge is 0.257 e. The molecule has 5 nitrogen and oxygen atoms in total. The first-order chi connectivity index (χ1) is 9.61. The number of rotatable bonds is 2. The number of aliphatic hydroxyl groups is 1. The zero-order valence-electron chi connectivity index (χ0n) is 11.3. The van der Waals surface area contributed by atoms with Gasteiger partial charge in [0.1, 0.15) is 0 Å². The van der Waals surface area contributed by atoms with Crippen molar-refractivity contribution in [3.05, 3.63) is 23.6 Å². The Balaban J connectivity index is 1.90. The van der Waals surface area contributed by atoms with Gasteiger partial charge in [-0.25, -0.2) is 9.37 Å². The van der Waals surface area contributed by atoms with Crippen LogP contribution < -0.4 is 5.32 Å². The van der Waals surface area contributed by atoms with Crippen LogP contribution in [0.3, 0.4) is 0 Å². The highest BCUT2D eigenvalue weighted by molar-refractivity contribution is 5.96. The van der Waals surface area contributed by atoms with Gasteiger partial charge < -0.3 is 15.3 Å². The average molecular weight is 279 g/mol. The Bertz CT molecular complexity index is 523. The van der Waals surface area contributed by atoms with Gasteiger partial charge in [-0.05, 0) is 31.7 Å². The quantitative estimate of drug-likeness (QED) is 0.858. The van der Waals surface area contributed by atoms with Crippen LogP contribution in [0.4, 0.5) is 10.2 Å². The maximum absolute atomic E-state index is 14.2. The molecule has 0 aliphatic carbocycles. The lowest BCUT2D eigenvalue weighted by atomic mass is 9.99. The van der Waals surface area contributed by atoms with Crippen LogP contribution in [0.5, 0.6) is 0 Å². The molecule has 2 fully saturated rings. The van der Waals surface area contributed by atoms with E-state index in [2.05, 4.69) is 10.3 Å². The molecule has 20 heavy (non-hydrogen) atoms. The van der Waals surface area contributed by atoms with Gasteiger partial charge in [0, 0.05) is 25.3 Å². The number of carbonyl (C=O) groups excluding carboxylic acids is 1. The Hall–Kier alpha value is -1.69. The van der Waals surface area contributed by atoms with Gasteiger partial charge in [-0.15, -0.1) is 0 Å². The predicted molar refractivity (Wildman–Crippen MR) is 72.0 cm³/mol. The van der Waals surface area contributed by atoms with Gasteiger partial charge in [-0.1, -0.05) is 0 Å². The number of nitrogens with zero attached hydrogens (tertiary/aromatic N) is 2. The number of carbonyl (C=O) groups is 1. The number of halogens is 1. The topological polar surface area (TPSA) is 65.5 Å². The van der Waals surface area contributed by atoms with Crippen molar-refractivity contribution in [3.8, 4) is 0 Å². The summed E-state index contributed by atoms with van der Waals surface area (Å²) in [7, 11) is 1.57. The van der Waals surface area contributed by atoms with Crippen LogP contribution in [-0.4, -0.2) is 46.1 Å². The fraction of sp³-hybridized carbons (Fsp3) is 0.571. The first kappa shape index (κ1) is 13.3. The lowest BCUT2D eigenvalue weighted by molar-refractivity contribution is 0.0283. The molecule has 2 unspecified atom stereocenters. The summed E-state index contributed by atoms with van der Waals surface area (Å²) < 4.78 is 14.2. The zero-order valence-corrected chi connectivity index (χ0v) is 11.3. The highest BCUT2D eigenvalue weighted by Gasteiger charge is 2.43. The summed E-state index contributed by atoms with van der Waals surface area (Å²) in [5, 5.41) is 12.4. The molecule has 1 aromatic rings. The standard InChI is InChI=1S/C14H18FN3O2/c1-16-13-12(15)11(4-5-17-13)14(20)18-8-2-3-9(18)7-10(19)6-8/h4-5,8-10,19H,2-3,6-7H2,1H3,(H,16,17). The molecule has 3 rings (SSSR count). The van der Waals surface area contributed by atoms with Crippen LogP contribution in [0.2, 0.25) is 0 Å². The molecule has 0 spiro atoms. The van der Waals surface area contributed by atoms with E-state index in [1.54, 1.807) is 11.9 Å². The van der Waals surface area contributed by atoms with Gasteiger partial charge >= 0.3 is 0 Å². The van der Waals surface area contributed by atoms with Gasteiger partial charge in [0.15, 0.2) is 11.6 Å².